The topological polar surface area (TPSA) is 46.3 Å². The summed E-state index contributed by atoms with van der Waals surface area (Å²) in [6.45, 7) is 2.99. The van der Waals surface area contributed by atoms with E-state index in [4.69, 9.17) is 5.73 Å². The summed E-state index contributed by atoms with van der Waals surface area (Å²) >= 11 is 0. The molecule has 3 aromatic carbocycles. The zero-order valence-electron chi connectivity index (χ0n) is 16.0. The van der Waals surface area contributed by atoms with Gasteiger partial charge in [-0.15, -0.1) is 0 Å². The van der Waals surface area contributed by atoms with Crippen molar-refractivity contribution in [3.63, 3.8) is 0 Å². The smallest absolute Gasteiger partial charge is 0.222 e. The van der Waals surface area contributed by atoms with E-state index < -0.39 is 0 Å². The fraction of sp³-hybridized carbons (Fsp3) is 0.292. The maximum Gasteiger partial charge on any atom is 0.222 e. The molecule has 0 radical (unpaired) electrons. The Hall–Kier alpha value is -2.72. The van der Waals surface area contributed by atoms with E-state index in [-0.39, 0.29) is 29.7 Å². The molecule has 1 amide bonds. The highest BCUT2D eigenvalue weighted by Gasteiger charge is 2.40. The quantitative estimate of drug-likeness (QED) is 0.715. The van der Waals surface area contributed by atoms with Crippen LogP contribution in [0.25, 0.3) is 10.8 Å². The fourth-order valence-corrected chi connectivity index (χ4v) is 4.65. The van der Waals surface area contributed by atoms with Crippen molar-refractivity contribution in [1.82, 2.24) is 4.90 Å². The molecule has 1 aliphatic heterocycles. The van der Waals surface area contributed by atoms with Crippen LogP contribution >= 0.6 is 0 Å². The average molecular weight is 376 g/mol. The van der Waals surface area contributed by atoms with E-state index in [1.54, 1.807) is 12.1 Å². The molecule has 0 bridgehead atoms. The Morgan fingerprint density at radius 3 is 2.68 bits per heavy atom. The molecule has 0 aromatic heterocycles. The van der Waals surface area contributed by atoms with Gasteiger partial charge in [0.25, 0.3) is 0 Å². The zero-order chi connectivity index (χ0) is 19.7. The number of primary amides is 1. The van der Waals surface area contributed by atoms with Crippen LogP contribution in [0.1, 0.15) is 30.5 Å². The lowest BCUT2D eigenvalue weighted by Gasteiger charge is -2.33. The first-order valence-electron chi connectivity index (χ1n) is 9.82. The van der Waals surface area contributed by atoms with Crippen molar-refractivity contribution in [2.75, 3.05) is 6.54 Å². The summed E-state index contributed by atoms with van der Waals surface area (Å²) in [5.41, 5.74) is 7.86. The second-order valence-corrected chi connectivity index (χ2v) is 7.68. The Kier molecular flexibility index (Phi) is 5.14. The number of fused-ring (bicyclic) bond motifs is 1. The summed E-state index contributed by atoms with van der Waals surface area (Å²) in [4.78, 5) is 14.5. The van der Waals surface area contributed by atoms with Gasteiger partial charge in [0.15, 0.2) is 0 Å². The third-order valence-corrected chi connectivity index (χ3v) is 6.06. The first kappa shape index (κ1) is 18.6. The average Bonchev–Trinajstić information content (AvgIpc) is 3.11. The molecule has 3 atom stereocenters. The maximum absolute atomic E-state index is 13.7. The van der Waals surface area contributed by atoms with E-state index >= 15 is 0 Å². The van der Waals surface area contributed by atoms with Crippen LogP contribution in [0.15, 0.2) is 66.7 Å². The highest BCUT2D eigenvalue weighted by atomic mass is 19.1. The highest BCUT2D eigenvalue weighted by Crippen LogP contribution is 2.36. The number of nitrogens with zero attached hydrogens (tertiary/aromatic N) is 1. The van der Waals surface area contributed by atoms with Gasteiger partial charge in [-0.25, -0.2) is 4.39 Å². The minimum absolute atomic E-state index is 0.0340. The number of carbonyl (C=O) groups excluding carboxylic acids is 1. The largest absolute Gasteiger partial charge is 0.369 e. The maximum atomic E-state index is 13.7. The SMILES string of the molecule is CC(c1cccc2ccccc12)N1CCC(C(N)=O)C1Cc1cccc(F)c1. The van der Waals surface area contributed by atoms with Crippen molar-refractivity contribution >= 4 is 16.7 Å². The third-order valence-electron chi connectivity index (χ3n) is 6.06. The van der Waals surface area contributed by atoms with E-state index in [1.165, 1.54) is 22.4 Å². The number of hydrogen-bond acceptors (Lipinski definition) is 2. The lowest BCUT2D eigenvalue weighted by molar-refractivity contribution is -0.122. The van der Waals surface area contributed by atoms with Gasteiger partial charge in [0.2, 0.25) is 5.91 Å². The number of hydrogen-bond donors (Lipinski definition) is 1. The predicted molar refractivity (Wildman–Crippen MR) is 110 cm³/mol. The molecule has 1 fully saturated rings. The first-order valence-corrected chi connectivity index (χ1v) is 9.82. The van der Waals surface area contributed by atoms with Gasteiger partial charge in [0, 0.05) is 12.1 Å². The fourth-order valence-electron chi connectivity index (χ4n) is 4.65. The molecular weight excluding hydrogens is 351 g/mol. The number of benzene rings is 3. The van der Waals surface area contributed by atoms with Gasteiger partial charge >= 0.3 is 0 Å². The normalized spacial score (nSPS) is 21.1. The van der Waals surface area contributed by atoms with Gasteiger partial charge in [0.05, 0.1) is 5.92 Å². The van der Waals surface area contributed by atoms with Gasteiger partial charge < -0.3 is 5.73 Å². The zero-order valence-corrected chi connectivity index (χ0v) is 16.0. The van der Waals surface area contributed by atoms with E-state index in [0.717, 1.165) is 18.5 Å². The van der Waals surface area contributed by atoms with Crippen molar-refractivity contribution in [1.29, 1.82) is 0 Å². The summed E-state index contributed by atoms with van der Waals surface area (Å²) in [5, 5.41) is 2.43. The Bertz CT molecular complexity index is 997. The van der Waals surface area contributed by atoms with Crippen molar-refractivity contribution in [2.45, 2.75) is 31.8 Å². The number of carbonyl (C=O) groups is 1. The molecule has 3 aromatic rings. The standard InChI is InChI=1S/C24H25FN2O/c1-16(20-11-5-8-18-7-2-3-10-21(18)20)27-13-12-22(24(26)28)23(27)15-17-6-4-9-19(25)14-17/h2-11,14,16,22-23H,12-13,15H2,1H3,(H2,26,28). The lowest BCUT2D eigenvalue weighted by Crippen LogP contribution is -2.40. The molecule has 1 saturated heterocycles. The molecule has 0 aliphatic carbocycles. The third kappa shape index (κ3) is 3.52. The molecular formula is C24H25FN2O. The molecule has 0 spiro atoms. The van der Waals surface area contributed by atoms with Gasteiger partial charge in [-0.1, -0.05) is 54.6 Å². The number of likely N-dealkylation sites (tertiary alicyclic amines) is 1. The lowest BCUT2D eigenvalue weighted by atomic mass is 9.92. The van der Waals surface area contributed by atoms with Gasteiger partial charge in [-0.3, -0.25) is 9.69 Å². The summed E-state index contributed by atoms with van der Waals surface area (Å²) in [7, 11) is 0. The van der Waals surface area contributed by atoms with Crippen LogP contribution in [0, 0.1) is 11.7 Å². The van der Waals surface area contributed by atoms with Crippen LogP contribution in [0.2, 0.25) is 0 Å². The molecule has 0 saturated carbocycles. The van der Waals surface area contributed by atoms with Crippen molar-refractivity contribution in [2.24, 2.45) is 11.7 Å². The minimum Gasteiger partial charge on any atom is -0.369 e. The number of nitrogens with two attached hydrogens (primary N) is 1. The van der Waals surface area contributed by atoms with Crippen molar-refractivity contribution in [3.05, 3.63) is 83.7 Å². The van der Waals surface area contributed by atoms with Crippen molar-refractivity contribution in [3.8, 4) is 0 Å². The van der Waals surface area contributed by atoms with E-state index in [2.05, 4.69) is 48.2 Å². The first-order chi connectivity index (χ1) is 13.5. The van der Waals surface area contributed by atoms with E-state index in [9.17, 15) is 9.18 Å². The Morgan fingerprint density at radius 1 is 1.14 bits per heavy atom. The Balaban J connectivity index is 1.68. The minimum atomic E-state index is -0.269. The molecule has 3 nitrogen and oxygen atoms in total. The van der Waals surface area contributed by atoms with E-state index in [1.807, 2.05) is 12.1 Å². The second-order valence-electron chi connectivity index (χ2n) is 7.68. The van der Waals surface area contributed by atoms with Crippen LogP contribution in [-0.4, -0.2) is 23.4 Å². The summed E-state index contributed by atoms with van der Waals surface area (Å²) in [6.07, 6.45) is 1.35. The van der Waals surface area contributed by atoms with Gasteiger partial charge in [-0.2, -0.15) is 0 Å². The Labute approximate surface area is 165 Å². The number of amides is 1. The van der Waals surface area contributed by atoms with E-state index in [0.29, 0.717) is 6.42 Å². The van der Waals surface area contributed by atoms with Crippen LogP contribution in [0.5, 0.6) is 0 Å². The molecule has 28 heavy (non-hydrogen) atoms. The summed E-state index contributed by atoms with van der Waals surface area (Å²) in [5.74, 6) is -0.741. The molecule has 4 rings (SSSR count). The molecule has 4 heteroatoms. The van der Waals surface area contributed by atoms with Crippen molar-refractivity contribution < 1.29 is 9.18 Å². The molecule has 1 heterocycles. The molecule has 144 valence electrons. The molecule has 2 N–H and O–H groups in total. The molecule has 3 unspecified atom stereocenters. The van der Waals surface area contributed by atoms with Gasteiger partial charge in [-0.05, 0) is 60.3 Å². The number of halogens is 1. The van der Waals surface area contributed by atoms with Crippen LogP contribution < -0.4 is 5.73 Å². The van der Waals surface area contributed by atoms with Crippen LogP contribution in [0.3, 0.4) is 0 Å². The summed E-state index contributed by atoms with van der Waals surface area (Å²) < 4.78 is 13.7. The predicted octanol–water partition coefficient (Wildman–Crippen LogP) is 4.46. The van der Waals surface area contributed by atoms with Crippen LogP contribution in [-0.2, 0) is 11.2 Å². The number of rotatable bonds is 5. The molecule has 1 aliphatic rings. The monoisotopic (exact) mass is 376 g/mol. The summed E-state index contributed by atoms with van der Waals surface area (Å²) in [6, 6.07) is 21.4. The second kappa shape index (κ2) is 7.72. The highest BCUT2D eigenvalue weighted by molar-refractivity contribution is 5.86. The van der Waals surface area contributed by atoms with Crippen LogP contribution in [0.4, 0.5) is 4.39 Å². The van der Waals surface area contributed by atoms with Gasteiger partial charge in [0.1, 0.15) is 5.82 Å². The Morgan fingerprint density at radius 2 is 1.89 bits per heavy atom.